The summed E-state index contributed by atoms with van der Waals surface area (Å²) in [5.41, 5.74) is 2.95. The zero-order valence-corrected chi connectivity index (χ0v) is 19.3. The molecule has 0 saturated carbocycles. The number of carboxylic acid groups (broad SMARTS) is 1. The third-order valence-corrected chi connectivity index (χ3v) is 6.84. The quantitative estimate of drug-likeness (QED) is 0.379. The van der Waals surface area contributed by atoms with Gasteiger partial charge in [0.1, 0.15) is 0 Å². The molecule has 32 heavy (non-hydrogen) atoms. The molecule has 0 aliphatic carbocycles. The highest BCUT2D eigenvalue weighted by Gasteiger charge is 2.24. The number of carbonyl (C=O) groups is 2. The molecule has 7 heteroatoms. The molecule has 2 heterocycles. The van der Waals surface area contributed by atoms with Crippen LogP contribution in [0.3, 0.4) is 0 Å². The van der Waals surface area contributed by atoms with Crippen molar-refractivity contribution in [2.75, 3.05) is 4.90 Å². The molecule has 0 spiro atoms. The van der Waals surface area contributed by atoms with Crippen LogP contribution in [0.2, 0.25) is 0 Å². The number of carbonyl (C=O) groups excluding carboxylic acids is 2. The molecule has 0 atom stereocenters. The molecule has 0 saturated heterocycles. The first kappa shape index (κ1) is 21.9. The topological polar surface area (TPSA) is 73.3 Å². The van der Waals surface area contributed by atoms with Gasteiger partial charge in [-0.15, -0.1) is 22.7 Å². The second kappa shape index (κ2) is 9.46. The Kier molecular flexibility index (Phi) is 6.48. The predicted octanol–water partition coefficient (Wildman–Crippen LogP) is 5.21. The zero-order valence-electron chi connectivity index (χ0n) is 17.6. The van der Waals surface area contributed by atoms with Crippen LogP contribution in [0.25, 0.3) is 11.3 Å². The maximum atomic E-state index is 13.5. The largest absolute Gasteiger partial charge is 0.545 e. The molecule has 0 radical (unpaired) electrons. The fraction of sp³-hybridized carbons (Fsp3) is 0.160. The minimum Gasteiger partial charge on any atom is -0.545 e. The highest BCUT2D eigenvalue weighted by atomic mass is 32.1. The molecule has 162 valence electrons. The molecular weight excluding hydrogens is 440 g/mol. The Morgan fingerprint density at radius 3 is 2.31 bits per heavy atom. The average Bonchev–Trinajstić information content (AvgIpc) is 3.49. The van der Waals surface area contributed by atoms with E-state index in [-0.39, 0.29) is 11.1 Å². The first-order valence-electron chi connectivity index (χ1n) is 10.1. The van der Waals surface area contributed by atoms with Crippen molar-refractivity contribution in [1.82, 2.24) is 4.98 Å². The lowest BCUT2D eigenvalue weighted by Crippen LogP contribution is -2.33. The van der Waals surface area contributed by atoms with E-state index in [0.29, 0.717) is 17.6 Å². The Balaban J connectivity index is 1.70. The summed E-state index contributed by atoms with van der Waals surface area (Å²) in [7, 11) is 0. The average molecular weight is 462 g/mol. The Bertz CT molecular complexity index is 1230. The van der Waals surface area contributed by atoms with Crippen LogP contribution < -0.4 is 10.0 Å². The van der Waals surface area contributed by atoms with E-state index in [2.05, 4.69) is 26.0 Å². The summed E-state index contributed by atoms with van der Waals surface area (Å²) < 4.78 is 0. The molecule has 0 fully saturated rings. The third-order valence-electron chi connectivity index (χ3n) is 5.11. The van der Waals surface area contributed by atoms with Crippen molar-refractivity contribution in [3.05, 3.63) is 93.0 Å². The number of carboxylic acids is 1. The number of nitrogens with zero attached hydrogens (tertiary/aromatic N) is 2. The van der Waals surface area contributed by atoms with E-state index < -0.39 is 11.9 Å². The number of rotatable bonds is 7. The Morgan fingerprint density at radius 1 is 0.969 bits per heavy atom. The molecule has 0 bridgehead atoms. The molecule has 0 aliphatic rings. The van der Waals surface area contributed by atoms with Gasteiger partial charge >= 0.3 is 0 Å². The summed E-state index contributed by atoms with van der Waals surface area (Å²) in [6.45, 7) is 4.60. The maximum Gasteiger partial charge on any atom is 0.261 e. The summed E-state index contributed by atoms with van der Waals surface area (Å²) in [6, 6.07) is 18.2. The first-order valence-corrected chi connectivity index (χ1v) is 11.9. The highest BCUT2D eigenvalue weighted by molar-refractivity contribution is 7.14. The summed E-state index contributed by atoms with van der Waals surface area (Å²) in [4.78, 5) is 32.3. The van der Waals surface area contributed by atoms with Crippen molar-refractivity contribution in [2.24, 2.45) is 0 Å². The number of anilines is 1. The second-order valence-electron chi connectivity index (χ2n) is 7.60. The number of thiazole rings is 1. The van der Waals surface area contributed by atoms with Gasteiger partial charge in [-0.25, -0.2) is 4.98 Å². The van der Waals surface area contributed by atoms with Crippen LogP contribution in [0.4, 0.5) is 5.13 Å². The molecule has 0 aliphatic heterocycles. The van der Waals surface area contributed by atoms with Crippen molar-refractivity contribution in [3.63, 3.8) is 0 Å². The van der Waals surface area contributed by atoms with E-state index in [0.717, 1.165) is 16.1 Å². The monoisotopic (exact) mass is 461 g/mol. The number of aromatic carboxylic acids is 1. The van der Waals surface area contributed by atoms with Crippen LogP contribution in [-0.4, -0.2) is 16.9 Å². The molecule has 5 nitrogen and oxygen atoms in total. The summed E-state index contributed by atoms with van der Waals surface area (Å²) in [6.07, 6.45) is 0. The second-order valence-corrected chi connectivity index (χ2v) is 9.46. The third kappa shape index (κ3) is 4.64. The molecule has 2 aromatic carbocycles. The molecule has 4 rings (SSSR count). The lowest BCUT2D eigenvalue weighted by atomic mass is 10.0. The maximum absolute atomic E-state index is 13.5. The van der Waals surface area contributed by atoms with Gasteiger partial charge < -0.3 is 9.90 Å². The standard InChI is InChI=1S/C25H22N2O3S2/c1-16(2)17-9-11-18(12-10-17)22-15-32-25(26-22)27(14-19-6-5-13-31-19)23(28)20-7-3-4-8-21(20)24(29)30/h3-13,15-16H,14H2,1-2H3,(H,29,30)/p-1. The first-order chi connectivity index (χ1) is 15.4. The lowest BCUT2D eigenvalue weighted by Gasteiger charge is -2.21. The van der Waals surface area contributed by atoms with Gasteiger partial charge in [0.15, 0.2) is 5.13 Å². The van der Waals surface area contributed by atoms with E-state index in [1.807, 2.05) is 35.0 Å². The van der Waals surface area contributed by atoms with Gasteiger partial charge in [0.25, 0.3) is 5.91 Å². The zero-order chi connectivity index (χ0) is 22.7. The van der Waals surface area contributed by atoms with Crippen LogP contribution in [0.15, 0.2) is 71.4 Å². The minimum absolute atomic E-state index is 0.0853. The summed E-state index contributed by atoms with van der Waals surface area (Å²) >= 11 is 2.89. The van der Waals surface area contributed by atoms with Gasteiger partial charge in [-0.1, -0.05) is 62.4 Å². The van der Waals surface area contributed by atoms with Crippen LogP contribution in [0.1, 0.15) is 50.9 Å². The summed E-state index contributed by atoms with van der Waals surface area (Å²) in [5.74, 6) is -1.36. The van der Waals surface area contributed by atoms with Crippen molar-refractivity contribution < 1.29 is 14.7 Å². The fourth-order valence-electron chi connectivity index (χ4n) is 3.34. The molecule has 2 aromatic heterocycles. The molecular formula is C25H21N2O3S2-. The predicted molar refractivity (Wildman–Crippen MR) is 127 cm³/mol. The highest BCUT2D eigenvalue weighted by Crippen LogP contribution is 2.31. The van der Waals surface area contributed by atoms with E-state index >= 15 is 0 Å². The van der Waals surface area contributed by atoms with Crippen molar-refractivity contribution in [3.8, 4) is 11.3 Å². The van der Waals surface area contributed by atoms with Crippen LogP contribution >= 0.6 is 22.7 Å². The van der Waals surface area contributed by atoms with E-state index in [1.54, 1.807) is 12.1 Å². The molecule has 1 amide bonds. The van der Waals surface area contributed by atoms with Gasteiger partial charge in [0.2, 0.25) is 0 Å². The lowest BCUT2D eigenvalue weighted by molar-refractivity contribution is -0.255. The number of amides is 1. The van der Waals surface area contributed by atoms with E-state index in [9.17, 15) is 14.7 Å². The number of thiophene rings is 1. The number of hydrogen-bond acceptors (Lipinski definition) is 6. The van der Waals surface area contributed by atoms with Gasteiger partial charge in [-0.2, -0.15) is 0 Å². The fourth-order valence-corrected chi connectivity index (χ4v) is 4.86. The molecule has 4 aromatic rings. The number of benzene rings is 2. The number of aromatic nitrogens is 1. The smallest absolute Gasteiger partial charge is 0.261 e. The van der Waals surface area contributed by atoms with E-state index in [1.165, 1.54) is 45.3 Å². The Morgan fingerprint density at radius 2 is 1.69 bits per heavy atom. The van der Waals surface area contributed by atoms with Crippen LogP contribution in [0.5, 0.6) is 0 Å². The SMILES string of the molecule is CC(C)c1ccc(-c2csc(N(Cc3cccs3)C(=O)c3ccccc3C(=O)[O-])n2)cc1. The Labute approximate surface area is 194 Å². The number of hydrogen-bond donors (Lipinski definition) is 0. The van der Waals surface area contributed by atoms with Crippen molar-refractivity contribution in [2.45, 2.75) is 26.3 Å². The molecule has 0 N–H and O–H groups in total. The minimum atomic E-state index is -1.38. The van der Waals surface area contributed by atoms with Crippen molar-refractivity contribution in [1.29, 1.82) is 0 Å². The van der Waals surface area contributed by atoms with E-state index in [4.69, 9.17) is 4.98 Å². The van der Waals surface area contributed by atoms with Gasteiger partial charge in [0.05, 0.1) is 18.2 Å². The van der Waals surface area contributed by atoms with Crippen molar-refractivity contribution >= 4 is 39.7 Å². The summed E-state index contributed by atoms with van der Waals surface area (Å²) in [5, 5.41) is 15.9. The van der Waals surface area contributed by atoms with Crippen LogP contribution in [0, 0.1) is 0 Å². The molecule has 0 unspecified atom stereocenters. The Hall–Kier alpha value is -3.29. The van der Waals surface area contributed by atoms with Gasteiger partial charge in [-0.05, 0) is 29.0 Å². The van der Waals surface area contributed by atoms with Crippen LogP contribution in [-0.2, 0) is 6.54 Å². The normalized spacial score (nSPS) is 11.0. The van der Waals surface area contributed by atoms with Gasteiger partial charge in [-0.3, -0.25) is 9.69 Å². The van der Waals surface area contributed by atoms with Gasteiger partial charge in [0, 0.05) is 26.9 Å².